The zero-order chi connectivity index (χ0) is 11.7. The van der Waals surface area contributed by atoms with Crippen LogP contribution in [0, 0.1) is 11.8 Å². The van der Waals surface area contributed by atoms with Crippen LogP contribution in [-0.4, -0.2) is 14.2 Å². The molecule has 1 fully saturated rings. The SMILES string of the molecule is CNC(c1ccc(OC)c(Cl)c1)C1CC1C. The number of hydrogen-bond acceptors (Lipinski definition) is 2. The summed E-state index contributed by atoms with van der Waals surface area (Å²) in [5.74, 6) is 2.30. The fourth-order valence-corrected chi connectivity index (χ4v) is 2.59. The molecule has 0 aromatic heterocycles. The molecule has 0 radical (unpaired) electrons. The van der Waals surface area contributed by atoms with Crippen molar-refractivity contribution in [3.63, 3.8) is 0 Å². The van der Waals surface area contributed by atoms with Gasteiger partial charge in [0.1, 0.15) is 5.75 Å². The first kappa shape index (κ1) is 11.7. The van der Waals surface area contributed by atoms with Gasteiger partial charge in [-0.15, -0.1) is 0 Å². The van der Waals surface area contributed by atoms with E-state index in [1.165, 1.54) is 12.0 Å². The van der Waals surface area contributed by atoms with Gasteiger partial charge in [0.05, 0.1) is 12.1 Å². The van der Waals surface area contributed by atoms with Gasteiger partial charge in [0, 0.05) is 6.04 Å². The Hall–Kier alpha value is -0.730. The molecule has 1 saturated carbocycles. The number of nitrogens with one attached hydrogen (secondary N) is 1. The number of benzene rings is 1. The van der Waals surface area contributed by atoms with Gasteiger partial charge in [-0.25, -0.2) is 0 Å². The summed E-state index contributed by atoms with van der Waals surface area (Å²) in [6, 6.07) is 6.46. The molecule has 0 aliphatic heterocycles. The second-order valence-electron chi connectivity index (χ2n) is 4.54. The summed E-state index contributed by atoms with van der Waals surface area (Å²) in [5, 5.41) is 4.06. The molecule has 1 aromatic carbocycles. The Kier molecular flexibility index (Phi) is 3.41. The smallest absolute Gasteiger partial charge is 0.137 e. The maximum absolute atomic E-state index is 6.14. The fourth-order valence-electron chi connectivity index (χ4n) is 2.32. The molecule has 3 unspecified atom stereocenters. The van der Waals surface area contributed by atoms with Gasteiger partial charge in [0.2, 0.25) is 0 Å². The molecule has 1 aliphatic rings. The highest BCUT2D eigenvalue weighted by Gasteiger charge is 2.39. The Bertz CT molecular complexity index is 380. The first-order chi connectivity index (χ1) is 7.67. The van der Waals surface area contributed by atoms with Crippen molar-refractivity contribution in [1.29, 1.82) is 0 Å². The first-order valence-corrected chi connectivity index (χ1v) is 6.06. The summed E-state index contributed by atoms with van der Waals surface area (Å²) >= 11 is 6.14. The van der Waals surface area contributed by atoms with Crippen LogP contribution < -0.4 is 10.1 Å². The summed E-state index contributed by atoms with van der Waals surface area (Å²) in [5.41, 5.74) is 1.25. The normalized spacial score (nSPS) is 25.2. The Morgan fingerprint density at radius 2 is 2.19 bits per heavy atom. The number of hydrogen-bond donors (Lipinski definition) is 1. The molecule has 16 heavy (non-hydrogen) atoms. The van der Waals surface area contributed by atoms with Crippen LogP contribution in [-0.2, 0) is 0 Å². The molecule has 0 bridgehead atoms. The molecular formula is C13H18ClNO. The van der Waals surface area contributed by atoms with Crippen molar-refractivity contribution in [2.75, 3.05) is 14.2 Å². The van der Waals surface area contributed by atoms with E-state index in [1.54, 1.807) is 7.11 Å². The lowest BCUT2D eigenvalue weighted by Gasteiger charge is -2.17. The van der Waals surface area contributed by atoms with E-state index < -0.39 is 0 Å². The zero-order valence-electron chi connectivity index (χ0n) is 9.96. The molecule has 1 N–H and O–H groups in total. The monoisotopic (exact) mass is 239 g/mol. The van der Waals surface area contributed by atoms with Crippen molar-refractivity contribution in [2.45, 2.75) is 19.4 Å². The van der Waals surface area contributed by atoms with Gasteiger partial charge in [0.15, 0.2) is 0 Å². The first-order valence-electron chi connectivity index (χ1n) is 5.68. The van der Waals surface area contributed by atoms with Gasteiger partial charge >= 0.3 is 0 Å². The second kappa shape index (κ2) is 4.64. The van der Waals surface area contributed by atoms with Crippen molar-refractivity contribution >= 4 is 11.6 Å². The molecule has 2 nitrogen and oxygen atoms in total. The largest absolute Gasteiger partial charge is 0.495 e. The lowest BCUT2D eigenvalue weighted by Crippen LogP contribution is -2.19. The maximum Gasteiger partial charge on any atom is 0.137 e. The third-order valence-corrected chi connectivity index (χ3v) is 3.74. The highest BCUT2D eigenvalue weighted by atomic mass is 35.5. The molecule has 0 amide bonds. The van der Waals surface area contributed by atoms with Crippen molar-refractivity contribution in [2.24, 2.45) is 11.8 Å². The van der Waals surface area contributed by atoms with Gasteiger partial charge in [0.25, 0.3) is 0 Å². The highest BCUT2D eigenvalue weighted by molar-refractivity contribution is 6.32. The van der Waals surface area contributed by atoms with Gasteiger partial charge in [-0.1, -0.05) is 24.6 Å². The Morgan fingerprint density at radius 1 is 1.50 bits per heavy atom. The van der Waals surface area contributed by atoms with E-state index in [0.717, 1.165) is 17.6 Å². The Labute approximate surface area is 102 Å². The molecule has 2 rings (SSSR count). The molecule has 88 valence electrons. The molecule has 0 spiro atoms. The van der Waals surface area contributed by atoms with Crippen LogP contribution in [0.4, 0.5) is 0 Å². The average Bonchev–Trinajstić information content (AvgIpc) is 2.97. The minimum Gasteiger partial charge on any atom is -0.495 e. The summed E-state index contributed by atoms with van der Waals surface area (Å²) in [6.07, 6.45) is 1.30. The molecule has 3 heteroatoms. The summed E-state index contributed by atoms with van der Waals surface area (Å²) in [7, 11) is 3.65. The summed E-state index contributed by atoms with van der Waals surface area (Å²) < 4.78 is 5.16. The maximum atomic E-state index is 6.14. The molecule has 1 aromatic rings. The highest BCUT2D eigenvalue weighted by Crippen LogP contribution is 2.47. The molecule has 0 heterocycles. The van der Waals surface area contributed by atoms with E-state index >= 15 is 0 Å². The van der Waals surface area contributed by atoms with E-state index in [2.05, 4.69) is 18.3 Å². The predicted octanol–water partition coefficient (Wildman–Crippen LogP) is 3.27. The van der Waals surface area contributed by atoms with Crippen LogP contribution in [0.2, 0.25) is 5.02 Å². The van der Waals surface area contributed by atoms with Crippen LogP contribution in [0.1, 0.15) is 24.9 Å². The van der Waals surface area contributed by atoms with Gasteiger partial charge in [-0.05, 0) is 43.0 Å². The molecule has 1 aliphatic carbocycles. The van der Waals surface area contributed by atoms with E-state index in [-0.39, 0.29) is 0 Å². The van der Waals surface area contributed by atoms with Crippen LogP contribution in [0.3, 0.4) is 0 Å². The van der Waals surface area contributed by atoms with Crippen LogP contribution in [0.5, 0.6) is 5.75 Å². The van der Waals surface area contributed by atoms with Crippen LogP contribution in [0.25, 0.3) is 0 Å². The number of halogens is 1. The standard InChI is InChI=1S/C13H18ClNO/c1-8-6-10(8)13(15-2)9-4-5-12(16-3)11(14)7-9/h4-5,7-8,10,13,15H,6H2,1-3H3. The topological polar surface area (TPSA) is 21.3 Å². The van der Waals surface area contributed by atoms with Crippen molar-refractivity contribution in [3.8, 4) is 5.75 Å². The predicted molar refractivity (Wildman–Crippen MR) is 67.1 cm³/mol. The molecule has 3 atom stereocenters. The van der Waals surface area contributed by atoms with E-state index in [0.29, 0.717) is 11.1 Å². The quantitative estimate of drug-likeness (QED) is 0.871. The third-order valence-electron chi connectivity index (χ3n) is 3.45. The van der Waals surface area contributed by atoms with Gasteiger partial charge in [-0.3, -0.25) is 0 Å². The number of rotatable bonds is 4. The van der Waals surface area contributed by atoms with E-state index in [1.807, 2.05) is 19.2 Å². The average molecular weight is 240 g/mol. The zero-order valence-corrected chi connectivity index (χ0v) is 10.7. The lowest BCUT2D eigenvalue weighted by molar-refractivity contribution is 0.414. The second-order valence-corrected chi connectivity index (χ2v) is 4.94. The van der Waals surface area contributed by atoms with Crippen LogP contribution in [0.15, 0.2) is 18.2 Å². The van der Waals surface area contributed by atoms with Gasteiger partial charge in [-0.2, -0.15) is 0 Å². The third kappa shape index (κ3) is 2.18. The summed E-state index contributed by atoms with van der Waals surface area (Å²) in [6.45, 7) is 2.29. The van der Waals surface area contributed by atoms with E-state index in [9.17, 15) is 0 Å². The lowest BCUT2D eigenvalue weighted by atomic mass is 10.0. The minimum absolute atomic E-state index is 0.415. The molecule has 0 saturated heterocycles. The Balaban J connectivity index is 2.22. The number of ether oxygens (including phenoxy) is 1. The minimum atomic E-state index is 0.415. The fraction of sp³-hybridized carbons (Fsp3) is 0.538. The summed E-state index contributed by atoms with van der Waals surface area (Å²) in [4.78, 5) is 0. The van der Waals surface area contributed by atoms with Crippen molar-refractivity contribution < 1.29 is 4.74 Å². The molecular weight excluding hydrogens is 222 g/mol. The van der Waals surface area contributed by atoms with Crippen LogP contribution >= 0.6 is 11.6 Å². The van der Waals surface area contributed by atoms with Gasteiger partial charge < -0.3 is 10.1 Å². The van der Waals surface area contributed by atoms with Crippen molar-refractivity contribution in [3.05, 3.63) is 28.8 Å². The van der Waals surface area contributed by atoms with Crippen molar-refractivity contribution in [1.82, 2.24) is 5.32 Å². The Morgan fingerprint density at radius 3 is 2.62 bits per heavy atom. The number of methoxy groups -OCH3 is 1. The van der Waals surface area contributed by atoms with E-state index in [4.69, 9.17) is 16.3 Å².